The fourth-order valence-corrected chi connectivity index (χ4v) is 8.60. The molecule has 5 aromatic carbocycles. The lowest BCUT2D eigenvalue weighted by molar-refractivity contribution is -0.381. The molecule has 11 atom stereocenters. The molecule has 0 radical (unpaired) electrons. The zero-order valence-electron chi connectivity index (χ0n) is 35.7. The first kappa shape index (κ1) is 44.4. The molecule has 15 heteroatoms. The maximum absolute atomic E-state index is 14.4. The van der Waals surface area contributed by atoms with Crippen molar-refractivity contribution in [1.82, 2.24) is 4.90 Å². The van der Waals surface area contributed by atoms with Crippen LogP contribution in [0.15, 0.2) is 140 Å². The first-order chi connectivity index (χ1) is 31.8. The summed E-state index contributed by atoms with van der Waals surface area (Å²) < 4.78 is 63.3. The van der Waals surface area contributed by atoms with Crippen molar-refractivity contribution in [3.05, 3.63) is 173 Å². The van der Waals surface area contributed by atoms with Gasteiger partial charge in [0.15, 0.2) is 25.0 Å². The van der Waals surface area contributed by atoms with Gasteiger partial charge in [-0.2, -0.15) is 0 Å². The van der Waals surface area contributed by atoms with Crippen molar-refractivity contribution in [2.75, 3.05) is 27.4 Å². The number of hydrogen-bond acceptors (Lipinski definition) is 14. The smallest absolute Gasteiger partial charge is 0.338 e. The Morgan fingerprint density at radius 1 is 0.692 bits per heavy atom. The van der Waals surface area contributed by atoms with E-state index in [4.69, 9.17) is 47.4 Å². The molecule has 5 aromatic rings. The molecule has 0 spiro atoms. The molecule has 0 aromatic heterocycles. The number of benzene rings is 5. The molecule has 65 heavy (non-hydrogen) atoms. The van der Waals surface area contributed by atoms with Gasteiger partial charge in [-0.25, -0.2) is 4.79 Å². The van der Waals surface area contributed by atoms with E-state index in [1.807, 2.05) is 84.9 Å². The van der Waals surface area contributed by atoms with E-state index in [1.165, 1.54) is 7.11 Å². The number of esters is 1. The number of carbonyl (C=O) groups is 3. The average molecular weight is 888 g/mol. The van der Waals surface area contributed by atoms with Gasteiger partial charge in [0.05, 0.1) is 50.2 Å². The molecule has 4 aliphatic rings. The van der Waals surface area contributed by atoms with Crippen LogP contribution in [0, 0.1) is 0 Å². The summed E-state index contributed by atoms with van der Waals surface area (Å²) in [6, 6.07) is 39.5. The number of rotatable bonds is 15. The molecule has 0 bridgehead atoms. The average Bonchev–Trinajstić information content (AvgIpc) is 3.61. The molecule has 3 saturated heterocycles. The summed E-state index contributed by atoms with van der Waals surface area (Å²) in [6.07, 6.45) is -12.1. The molecular weight excluding hydrogens is 839 g/mol. The maximum Gasteiger partial charge on any atom is 0.338 e. The van der Waals surface area contributed by atoms with Crippen LogP contribution in [0.1, 0.15) is 54.1 Å². The van der Waals surface area contributed by atoms with Gasteiger partial charge >= 0.3 is 5.97 Å². The zero-order valence-corrected chi connectivity index (χ0v) is 35.7. The largest absolute Gasteiger partial charge is 0.497 e. The van der Waals surface area contributed by atoms with Crippen LogP contribution < -0.4 is 4.74 Å². The summed E-state index contributed by atoms with van der Waals surface area (Å²) in [5, 5.41) is 12.2. The number of methoxy groups -OCH3 is 2. The normalized spacial score (nSPS) is 28.6. The lowest BCUT2D eigenvalue weighted by Crippen LogP contribution is -2.70. The van der Waals surface area contributed by atoms with E-state index in [0.29, 0.717) is 11.3 Å². The number of amides is 2. The van der Waals surface area contributed by atoms with Gasteiger partial charge in [-0.1, -0.05) is 103 Å². The minimum absolute atomic E-state index is 0.0126. The highest BCUT2D eigenvalue weighted by Gasteiger charge is 2.59. The van der Waals surface area contributed by atoms with Crippen LogP contribution in [-0.4, -0.2) is 117 Å². The van der Waals surface area contributed by atoms with Crippen molar-refractivity contribution in [3.8, 4) is 5.75 Å². The first-order valence-corrected chi connectivity index (χ1v) is 21.4. The second kappa shape index (κ2) is 20.1. The van der Waals surface area contributed by atoms with Crippen LogP contribution in [0.2, 0.25) is 0 Å². The molecule has 1 N–H and O–H groups in total. The van der Waals surface area contributed by atoms with Gasteiger partial charge in [-0.15, -0.1) is 0 Å². The van der Waals surface area contributed by atoms with E-state index in [9.17, 15) is 19.5 Å². The predicted octanol–water partition coefficient (Wildman–Crippen LogP) is 5.64. The molecule has 2 amide bonds. The summed E-state index contributed by atoms with van der Waals surface area (Å²) in [6.45, 7) is 0.0268. The Morgan fingerprint density at radius 2 is 1.32 bits per heavy atom. The number of aliphatic hydroxyl groups excluding tert-OH is 1. The highest BCUT2D eigenvalue weighted by molar-refractivity contribution is 6.21. The van der Waals surface area contributed by atoms with Crippen LogP contribution in [-0.2, 0) is 55.8 Å². The molecule has 4 aliphatic heterocycles. The Kier molecular flexibility index (Phi) is 13.7. The van der Waals surface area contributed by atoms with Gasteiger partial charge in [0.2, 0.25) is 0 Å². The molecule has 0 saturated carbocycles. The summed E-state index contributed by atoms with van der Waals surface area (Å²) in [5.74, 6) is -1.25. The van der Waals surface area contributed by atoms with E-state index < -0.39 is 85.4 Å². The van der Waals surface area contributed by atoms with Gasteiger partial charge in [0.1, 0.15) is 48.4 Å². The summed E-state index contributed by atoms with van der Waals surface area (Å²) in [5.41, 5.74) is 2.93. The quantitative estimate of drug-likeness (QED) is 0.101. The molecule has 3 fully saturated rings. The van der Waals surface area contributed by atoms with Crippen molar-refractivity contribution < 1.29 is 66.9 Å². The second-order valence-electron chi connectivity index (χ2n) is 16.0. The molecule has 0 aliphatic carbocycles. The van der Waals surface area contributed by atoms with Crippen LogP contribution in [0.4, 0.5) is 0 Å². The van der Waals surface area contributed by atoms with E-state index in [0.717, 1.165) is 16.0 Å². The lowest BCUT2D eigenvalue weighted by atomic mass is 9.93. The number of carbonyl (C=O) groups excluding carboxylic acids is 3. The van der Waals surface area contributed by atoms with E-state index in [2.05, 4.69) is 0 Å². The van der Waals surface area contributed by atoms with Crippen LogP contribution in [0.3, 0.4) is 0 Å². The Bertz CT molecular complexity index is 2350. The fourth-order valence-electron chi connectivity index (χ4n) is 8.60. The van der Waals surface area contributed by atoms with Gasteiger partial charge in [0.25, 0.3) is 11.8 Å². The number of ether oxygens (including phenoxy) is 10. The molecular formula is C50H49NO14. The third-order valence-corrected chi connectivity index (χ3v) is 11.9. The molecule has 9 rings (SSSR count). The highest BCUT2D eigenvalue weighted by Crippen LogP contribution is 2.41. The first-order valence-electron chi connectivity index (χ1n) is 21.4. The van der Waals surface area contributed by atoms with E-state index >= 15 is 0 Å². The minimum atomic E-state index is -1.54. The van der Waals surface area contributed by atoms with Crippen molar-refractivity contribution in [2.24, 2.45) is 0 Å². The van der Waals surface area contributed by atoms with E-state index in [1.54, 1.807) is 61.7 Å². The third-order valence-electron chi connectivity index (χ3n) is 11.9. The molecule has 15 nitrogen and oxygen atoms in total. The Balaban J connectivity index is 1.11. The molecule has 1 unspecified atom stereocenters. The number of nitrogens with zero attached hydrogens (tertiary/aromatic N) is 1. The van der Waals surface area contributed by atoms with Crippen molar-refractivity contribution >= 4 is 17.8 Å². The topological polar surface area (TPSA) is 167 Å². The Morgan fingerprint density at radius 3 is 1.98 bits per heavy atom. The van der Waals surface area contributed by atoms with Crippen molar-refractivity contribution in [1.29, 1.82) is 0 Å². The standard InChI is InChI=1S/C50H49NO14/c1-56-34-24-22-31(23-25-34)26-58-28-37-40(52)43(59-27-30-14-6-3-7-15-30)44(63-47(55)32-16-8-4-9-17-32)50(61-37)65-42-39(51-45(53)35-20-12-13-21-36(35)46(51)54)49(57-2)62-38-29-60-48(64-41(38)42)33-18-10-5-11-19-33/h3-25,37-44,48-50,52H,26-29H2,1-2H3/t37-,38-,39-,40-,41-,42-,43+,44-,48?,49-,50+/m1/s1. The summed E-state index contributed by atoms with van der Waals surface area (Å²) >= 11 is 0. The summed E-state index contributed by atoms with van der Waals surface area (Å²) in [7, 11) is 2.98. The Labute approximate surface area is 375 Å². The van der Waals surface area contributed by atoms with Gasteiger partial charge < -0.3 is 52.5 Å². The van der Waals surface area contributed by atoms with Crippen LogP contribution >= 0.6 is 0 Å². The minimum Gasteiger partial charge on any atom is -0.497 e. The van der Waals surface area contributed by atoms with Gasteiger partial charge in [0, 0.05) is 12.7 Å². The molecule has 4 heterocycles. The van der Waals surface area contributed by atoms with Gasteiger partial charge in [-0.3, -0.25) is 14.5 Å². The monoisotopic (exact) mass is 887 g/mol. The summed E-state index contributed by atoms with van der Waals surface area (Å²) in [4.78, 5) is 43.8. The van der Waals surface area contributed by atoms with Crippen LogP contribution in [0.5, 0.6) is 5.75 Å². The lowest BCUT2D eigenvalue weighted by Gasteiger charge is -2.52. The van der Waals surface area contributed by atoms with E-state index in [-0.39, 0.29) is 43.1 Å². The zero-order chi connectivity index (χ0) is 44.9. The fraction of sp³-hybridized carbons (Fsp3) is 0.340. The number of aliphatic hydroxyl groups is 1. The maximum atomic E-state index is 14.4. The SMILES string of the molecule is COc1ccc(COC[C@H]2O[C@@H](O[C@H]3[C@@H]4OC(c5ccccc5)OC[C@H]4O[C@@H](OC)[C@@H]3N3C(=O)c4ccccc4C3=O)[C@H](OC(=O)c3ccccc3)[C@@H](OCc3ccccc3)[C@@H]2O)cc1. The number of fused-ring (bicyclic) bond motifs is 2. The Hall–Kier alpha value is -5.85. The van der Waals surface area contributed by atoms with Crippen molar-refractivity contribution in [2.45, 2.75) is 80.9 Å². The molecule has 338 valence electrons. The van der Waals surface area contributed by atoms with Gasteiger partial charge in [-0.05, 0) is 47.5 Å². The second-order valence-corrected chi connectivity index (χ2v) is 16.0. The van der Waals surface area contributed by atoms with Crippen LogP contribution in [0.25, 0.3) is 0 Å². The highest BCUT2D eigenvalue weighted by atomic mass is 16.8. The predicted molar refractivity (Wildman–Crippen MR) is 229 cm³/mol. The third kappa shape index (κ3) is 9.47. The van der Waals surface area contributed by atoms with Crippen molar-refractivity contribution in [3.63, 3.8) is 0 Å². The number of imide groups is 1. The number of hydrogen-bond donors (Lipinski definition) is 1.